The highest BCUT2D eigenvalue weighted by molar-refractivity contribution is 6.37. The first kappa shape index (κ1) is 27.5. The number of barbiturate groups is 1. The Morgan fingerprint density at radius 3 is 2.25 bits per heavy atom. The first-order valence-corrected chi connectivity index (χ1v) is 11.8. The molecule has 12 nitrogen and oxygen atoms in total. The molecule has 2 aromatic carbocycles. The molecule has 1 aromatic heterocycles. The Hall–Kier alpha value is -5.49. The fourth-order valence-corrected chi connectivity index (χ4v) is 3.81. The zero-order valence-corrected chi connectivity index (χ0v) is 21.4. The van der Waals surface area contributed by atoms with E-state index in [0.717, 1.165) is 9.47 Å². The van der Waals surface area contributed by atoms with Crippen LogP contribution in [-0.2, 0) is 16.2 Å². The standard InChI is InChI=1S/C28H24N4O8/c1-16(3-13-21-23(34)29-27(38)31(25(21)36)18-7-5-17(15-33)6-8-18)4-14-22-24(35)30-28(39)32(26(22)37)19-9-11-20(40-2)12-10-19/h3-14,33,37H,15H2,1-2H3,(H,29,34,38)(H,30,35,39). The van der Waals surface area contributed by atoms with Crippen LogP contribution in [0.1, 0.15) is 18.1 Å². The maximum absolute atomic E-state index is 13.0. The van der Waals surface area contributed by atoms with E-state index in [1.165, 1.54) is 55.7 Å². The first-order chi connectivity index (χ1) is 19.1. The Kier molecular flexibility index (Phi) is 7.91. The number of H-pyrrole nitrogens is 1. The Labute approximate surface area is 226 Å². The second kappa shape index (κ2) is 11.5. The van der Waals surface area contributed by atoms with Gasteiger partial charge in [0.05, 0.1) is 25.1 Å². The number of aromatic amines is 1. The molecule has 0 saturated carbocycles. The number of nitrogens with one attached hydrogen (secondary N) is 2. The fourth-order valence-electron chi connectivity index (χ4n) is 3.81. The number of allylic oxidation sites excluding steroid dienone is 4. The first-order valence-electron chi connectivity index (χ1n) is 11.8. The van der Waals surface area contributed by atoms with Crippen LogP contribution < -0.4 is 26.2 Å². The number of aliphatic hydroxyl groups excluding tert-OH is 1. The van der Waals surface area contributed by atoms with Gasteiger partial charge in [0.15, 0.2) is 0 Å². The maximum Gasteiger partial charge on any atom is 0.335 e. The van der Waals surface area contributed by atoms with E-state index >= 15 is 0 Å². The Morgan fingerprint density at radius 2 is 1.62 bits per heavy atom. The molecule has 4 rings (SSSR count). The normalized spacial score (nSPS) is 15.2. The van der Waals surface area contributed by atoms with Crippen molar-refractivity contribution in [3.63, 3.8) is 0 Å². The van der Waals surface area contributed by atoms with Crippen molar-refractivity contribution in [2.45, 2.75) is 13.5 Å². The predicted octanol–water partition coefficient (Wildman–Crippen LogP) is 1.90. The molecule has 0 unspecified atom stereocenters. The number of benzene rings is 2. The largest absolute Gasteiger partial charge is 0.497 e. The smallest absolute Gasteiger partial charge is 0.335 e. The summed E-state index contributed by atoms with van der Waals surface area (Å²) in [5, 5.41) is 22.0. The molecule has 0 aliphatic carbocycles. The van der Waals surface area contributed by atoms with Gasteiger partial charge in [-0.2, -0.15) is 0 Å². The van der Waals surface area contributed by atoms with E-state index in [1.807, 2.05) is 0 Å². The third kappa shape index (κ3) is 5.51. The van der Waals surface area contributed by atoms with E-state index in [-0.39, 0.29) is 29.1 Å². The zero-order valence-electron chi connectivity index (χ0n) is 21.4. The van der Waals surface area contributed by atoms with E-state index in [9.17, 15) is 34.2 Å². The Morgan fingerprint density at radius 1 is 0.975 bits per heavy atom. The summed E-state index contributed by atoms with van der Waals surface area (Å²) in [5.74, 6) is -1.79. The van der Waals surface area contributed by atoms with Crippen molar-refractivity contribution >= 4 is 29.6 Å². The monoisotopic (exact) mass is 544 g/mol. The van der Waals surface area contributed by atoms with E-state index in [4.69, 9.17) is 4.74 Å². The van der Waals surface area contributed by atoms with Gasteiger partial charge in [-0.15, -0.1) is 0 Å². The lowest BCUT2D eigenvalue weighted by molar-refractivity contribution is -0.122. The number of imide groups is 2. The lowest BCUT2D eigenvalue weighted by Crippen LogP contribution is -2.54. The van der Waals surface area contributed by atoms with Crippen molar-refractivity contribution in [3.8, 4) is 17.3 Å². The SMILES string of the molecule is COc1ccc(-n2c(O)c(C=CC(C)=CC=C3C(=O)NC(=O)N(c4ccc(CO)cc4)C3=O)c(=O)[nH]c2=O)cc1. The minimum Gasteiger partial charge on any atom is -0.497 e. The number of hydrogen-bond acceptors (Lipinski definition) is 8. The van der Waals surface area contributed by atoms with Gasteiger partial charge in [-0.1, -0.05) is 29.9 Å². The number of rotatable bonds is 7. The highest BCUT2D eigenvalue weighted by Crippen LogP contribution is 2.22. The van der Waals surface area contributed by atoms with E-state index in [1.54, 1.807) is 31.2 Å². The number of nitrogens with zero attached hydrogens (tertiary/aromatic N) is 2. The van der Waals surface area contributed by atoms with Crippen LogP contribution in [0.4, 0.5) is 10.5 Å². The van der Waals surface area contributed by atoms with Crippen LogP contribution in [0.5, 0.6) is 11.6 Å². The number of hydrogen-bond donors (Lipinski definition) is 4. The summed E-state index contributed by atoms with van der Waals surface area (Å²) < 4.78 is 6.01. The van der Waals surface area contributed by atoms with Gasteiger partial charge in [0, 0.05) is 0 Å². The Balaban J connectivity index is 1.62. The molecule has 2 heterocycles. The van der Waals surface area contributed by atoms with Gasteiger partial charge in [0.25, 0.3) is 17.4 Å². The molecule has 204 valence electrons. The van der Waals surface area contributed by atoms with Gasteiger partial charge in [0.2, 0.25) is 5.88 Å². The summed E-state index contributed by atoms with van der Waals surface area (Å²) in [5.41, 5.74) is -0.636. The van der Waals surface area contributed by atoms with Crippen molar-refractivity contribution in [1.29, 1.82) is 0 Å². The molecular weight excluding hydrogens is 520 g/mol. The quantitative estimate of drug-likeness (QED) is 0.198. The minimum atomic E-state index is -0.911. The lowest BCUT2D eigenvalue weighted by Gasteiger charge is -2.26. The molecule has 1 aliphatic heterocycles. The van der Waals surface area contributed by atoms with Crippen LogP contribution in [0.15, 0.2) is 87.5 Å². The number of carbonyl (C=O) groups is 3. The molecule has 1 saturated heterocycles. The number of methoxy groups -OCH3 is 1. The molecule has 1 aliphatic rings. The van der Waals surface area contributed by atoms with Gasteiger partial charge in [-0.3, -0.25) is 24.7 Å². The lowest BCUT2D eigenvalue weighted by atomic mass is 10.1. The average Bonchev–Trinajstić information content (AvgIpc) is 2.93. The highest BCUT2D eigenvalue weighted by Gasteiger charge is 2.36. The summed E-state index contributed by atoms with van der Waals surface area (Å²) in [6.45, 7) is 1.40. The maximum atomic E-state index is 13.0. The number of urea groups is 1. The van der Waals surface area contributed by atoms with Gasteiger partial charge < -0.3 is 14.9 Å². The number of anilines is 1. The van der Waals surface area contributed by atoms with Crippen molar-refractivity contribution in [1.82, 2.24) is 14.9 Å². The summed E-state index contributed by atoms with van der Waals surface area (Å²) in [6, 6.07) is 11.3. The molecular formula is C28H24N4O8. The summed E-state index contributed by atoms with van der Waals surface area (Å²) in [4.78, 5) is 65.5. The molecule has 4 N–H and O–H groups in total. The minimum absolute atomic E-state index is 0.203. The molecule has 3 aromatic rings. The number of aromatic hydroxyl groups is 1. The second-order valence-electron chi connectivity index (χ2n) is 8.58. The van der Waals surface area contributed by atoms with Crippen molar-refractivity contribution < 1.29 is 29.3 Å². The van der Waals surface area contributed by atoms with Crippen molar-refractivity contribution in [3.05, 3.63) is 110 Å². The van der Waals surface area contributed by atoms with Crippen LogP contribution in [-0.4, -0.2) is 44.7 Å². The van der Waals surface area contributed by atoms with Gasteiger partial charge >= 0.3 is 11.7 Å². The fraction of sp³-hybridized carbons (Fsp3) is 0.107. The van der Waals surface area contributed by atoms with Crippen LogP contribution in [0.3, 0.4) is 0 Å². The van der Waals surface area contributed by atoms with Crippen LogP contribution in [0, 0.1) is 0 Å². The Bertz CT molecular complexity index is 1690. The van der Waals surface area contributed by atoms with Crippen LogP contribution in [0.25, 0.3) is 11.8 Å². The van der Waals surface area contributed by atoms with E-state index < -0.39 is 35.0 Å². The molecule has 0 spiro atoms. The molecule has 40 heavy (non-hydrogen) atoms. The van der Waals surface area contributed by atoms with Gasteiger partial charge in [0.1, 0.15) is 16.9 Å². The van der Waals surface area contributed by atoms with Gasteiger partial charge in [-0.25, -0.2) is 19.1 Å². The second-order valence-corrected chi connectivity index (χ2v) is 8.58. The zero-order chi connectivity index (χ0) is 29.0. The molecule has 0 atom stereocenters. The third-order valence-corrected chi connectivity index (χ3v) is 5.96. The van der Waals surface area contributed by atoms with Crippen molar-refractivity contribution in [2.24, 2.45) is 0 Å². The topological polar surface area (TPSA) is 171 Å². The van der Waals surface area contributed by atoms with Crippen LogP contribution >= 0.6 is 0 Å². The van der Waals surface area contributed by atoms with Crippen LogP contribution in [0.2, 0.25) is 0 Å². The highest BCUT2D eigenvalue weighted by atomic mass is 16.5. The summed E-state index contributed by atoms with van der Waals surface area (Å²) in [6.07, 6.45) is 5.35. The summed E-state index contributed by atoms with van der Waals surface area (Å²) >= 11 is 0. The average molecular weight is 545 g/mol. The van der Waals surface area contributed by atoms with Gasteiger partial charge in [-0.05, 0) is 61.0 Å². The number of ether oxygens (including phenoxy) is 1. The predicted molar refractivity (Wildman–Crippen MR) is 145 cm³/mol. The number of aliphatic hydroxyl groups is 1. The number of aromatic nitrogens is 2. The van der Waals surface area contributed by atoms with E-state index in [0.29, 0.717) is 16.9 Å². The number of amides is 4. The molecule has 1 fully saturated rings. The third-order valence-electron chi connectivity index (χ3n) is 5.96. The number of carbonyl (C=O) groups excluding carboxylic acids is 3. The molecule has 0 bridgehead atoms. The van der Waals surface area contributed by atoms with Crippen molar-refractivity contribution in [2.75, 3.05) is 12.0 Å². The molecule has 12 heteroatoms. The molecule has 4 amide bonds. The summed E-state index contributed by atoms with van der Waals surface area (Å²) in [7, 11) is 1.48. The molecule has 0 radical (unpaired) electrons. The van der Waals surface area contributed by atoms with E-state index in [2.05, 4.69) is 10.3 Å².